The molecule has 0 saturated carbocycles. The number of halogens is 3. The van der Waals surface area contributed by atoms with Crippen molar-refractivity contribution in [2.45, 2.75) is 38.9 Å². The highest BCUT2D eigenvalue weighted by Crippen LogP contribution is 2.30. The van der Waals surface area contributed by atoms with Crippen molar-refractivity contribution in [1.82, 2.24) is 9.55 Å². The van der Waals surface area contributed by atoms with Crippen molar-refractivity contribution in [1.29, 1.82) is 0 Å². The molecule has 0 aliphatic rings. The summed E-state index contributed by atoms with van der Waals surface area (Å²) in [5.74, 6) is 3.15. The average molecular weight is 414 g/mol. The van der Waals surface area contributed by atoms with E-state index in [9.17, 15) is 18.0 Å². The van der Waals surface area contributed by atoms with Crippen molar-refractivity contribution in [3.63, 3.8) is 0 Å². The highest BCUT2D eigenvalue weighted by molar-refractivity contribution is 5.93. The lowest BCUT2D eigenvalue weighted by atomic mass is 9.99. The number of hydrogen-bond donors (Lipinski definition) is 0. The number of ether oxygens (including phenoxy) is 1. The molecule has 2 aromatic carbocycles. The van der Waals surface area contributed by atoms with Crippen LogP contribution in [0.1, 0.15) is 31.7 Å². The van der Waals surface area contributed by atoms with Crippen LogP contribution in [0, 0.1) is 12.3 Å². The molecule has 4 nitrogen and oxygen atoms in total. The first-order chi connectivity index (χ1) is 14.2. The summed E-state index contributed by atoms with van der Waals surface area (Å²) in [6.07, 6.45) is -0.272. The van der Waals surface area contributed by atoms with Crippen LogP contribution in [0.4, 0.5) is 13.2 Å². The van der Waals surface area contributed by atoms with Crippen LogP contribution in [0.2, 0.25) is 0 Å². The molecule has 7 heteroatoms. The summed E-state index contributed by atoms with van der Waals surface area (Å²) < 4.78 is 44.7. The summed E-state index contributed by atoms with van der Waals surface area (Å²) in [6, 6.07) is 12.4. The van der Waals surface area contributed by atoms with Gasteiger partial charge in [0.05, 0.1) is 17.6 Å². The zero-order chi connectivity index (χ0) is 21.9. The van der Waals surface area contributed by atoms with Gasteiger partial charge < -0.3 is 4.74 Å². The maximum Gasteiger partial charge on any atom is 0.390 e. The zero-order valence-electron chi connectivity index (χ0n) is 16.7. The van der Waals surface area contributed by atoms with E-state index in [4.69, 9.17) is 11.2 Å². The fourth-order valence-electron chi connectivity index (χ4n) is 3.17. The number of aromatic nitrogens is 2. The number of rotatable bonds is 6. The van der Waals surface area contributed by atoms with Crippen LogP contribution in [0.3, 0.4) is 0 Å². The number of hydrogen-bond acceptors (Lipinski definition) is 3. The molecule has 0 saturated heterocycles. The second-order valence-corrected chi connectivity index (χ2v) is 7.21. The van der Waals surface area contributed by atoms with Gasteiger partial charge in [0.25, 0.3) is 0 Å². The van der Waals surface area contributed by atoms with Gasteiger partial charge in [-0.25, -0.2) is 4.79 Å². The van der Waals surface area contributed by atoms with Gasteiger partial charge in [0.1, 0.15) is 12.4 Å². The molecular formula is C23H21F3N2O2. The lowest BCUT2D eigenvalue weighted by Crippen LogP contribution is -2.26. The summed E-state index contributed by atoms with van der Waals surface area (Å²) >= 11 is 0. The third kappa shape index (κ3) is 4.82. The molecule has 0 aliphatic heterocycles. The first-order valence-corrected chi connectivity index (χ1v) is 9.47. The first-order valence-electron chi connectivity index (χ1n) is 9.47. The van der Waals surface area contributed by atoms with Gasteiger partial charge in [0.2, 0.25) is 0 Å². The van der Waals surface area contributed by atoms with Crippen molar-refractivity contribution < 1.29 is 17.9 Å². The van der Waals surface area contributed by atoms with E-state index in [0.717, 1.165) is 10.1 Å². The monoisotopic (exact) mass is 414 g/mol. The Kier molecular flexibility index (Phi) is 6.16. The topological polar surface area (TPSA) is 44.1 Å². The third-order valence-electron chi connectivity index (χ3n) is 4.74. The Balaban J connectivity index is 2.18. The normalized spacial score (nSPS) is 11.6. The van der Waals surface area contributed by atoms with Crippen LogP contribution in [-0.2, 0) is 6.54 Å². The first kappa shape index (κ1) is 21.4. The Morgan fingerprint density at radius 3 is 2.47 bits per heavy atom. The minimum absolute atomic E-state index is 0.0467. The van der Waals surface area contributed by atoms with Crippen LogP contribution in [-0.4, -0.2) is 22.3 Å². The maximum atomic E-state index is 12.7. The molecule has 3 aromatic rings. The van der Waals surface area contributed by atoms with E-state index in [1.807, 2.05) is 24.3 Å². The predicted molar refractivity (Wildman–Crippen MR) is 111 cm³/mol. The highest BCUT2D eigenvalue weighted by atomic mass is 19.4. The zero-order valence-corrected chi connectivity index (χ0v) is 16.7. The molecule has 0 radical (unpaired) electrons. The van der Waals surface area contributed by atoms with Gasteiger partial charge >= 0.3 is 11.9 Å². The summed E-state index contributed by atoms with van der Waals surface area (Å²) in [4.78, 5) is 16.7. The number of terminal acetylenes is 1. The van der Waals surface area contributed by atoms with Crippen LogP contribution in [0.5, 0.6) is 5.75 Å². The number of nitrogens with zero attached hydrogens (tertiary/aromatic N) is 2. The largest absolute Gasteiger partial charge is 0.481 e. The van der Waals surface area contributed by atoms with Gasteiger partial charge in [0, 0.05) is 17.5 Å². The number of benzene rings is 2. The number of alkyl halides is 3. The van der Waals surface area contributed by atoms with Crippen molar-refractivity contribution in [2.24, 2.45) is 0 Å². The van der Waals surface area contributed by atoms with E-state index in [1.165, 1.54) is 0 Å². The van der Waals surface area contributed by atoms with Gasteiger partial charge in [-0.1, -0.05) is 44.0 Å². The Labute approximate surface area is 172 Å². The van der Waals surface area contributed by atoms with E-state index in [2.05, 4.69) is 24.8 Å². The minimum Gasteiger partial charge on any atom is -0.481 e. The fourth-order valence-corrected chi connectivity index (χ4v) is 3.17. The lowest BCUT2D eigenvalue weighted by molar-refractivity contribution is -0.136. The van der Waals surface area contributed by atoms with E-state index >= 15 is 0 Å². The molecule has 30 heavy (non-hydrogen) atoms. The summed E-state index contributed by atoms with van der Waals surface area (Å²) in [7, 11) is 0. The molecule has 3 rings (SSSR count). The van der Waals surface area contributed by atoms with Crippen molar-refractivity contribution in [3.8, 4) is 29.4 Å². The third-order valence-corrected chi connectivity index (χ3v) is 4.74. The Bertz CT molecular complexity index is 1140. The minimum atomic E-state index is -4.38. The van der Waals surface area contributed by atoms with Crippen LogP contribution in [0.15, 0.2) is 47.3 Å². The second-order valence-electron chi connectivity index (χ2n) is 7.21. The summed E-state index contributed by atoms with van der Waals surface area (Å²) in [5.41, 5.74) is 1.83. The van der Waals surface area contributed by atoms with Crippen LogP contribution in [0.25, 0.3) is 22.2 Å². The molecule has 1 heterocycles. The Morgan fingerprint density at radius 1 is 1.17 bits per heavy atom. The molecule has 0 amide bonds. The van der Waals surface area contributed by atoms with Gasteiger partial charge in [0.15, 0.2) is 0 Å². The summed E-state index contributed by atoms with van der Waals surface area (Å²) in [5, 5.41) is 0.517. The van der Waals surface area contributed by atoms with E-state index in [1.54, 1.807) is 18.2 Å². The predicted octanol–water partition coefficient (Wildman–Crippen LogP) is 5.15. The van der Waals surface area contributed by atoms with Crippen molar-refractivity contribution in [2.75, 3.05) is 6.61 Å². The molecular weight excluding hydrogens is 393 g/mol. The smallest absolute Gasteiger partial charge is 0.390 e. The van der Waals surface area contributed by atoms with Crippen LogP contribution < -0.4 is 10.4 Å². The Morgan fingerprint density at radius 2 is 1.87 bits per heavy atom. The molecule has 0 bridgehead atoms. The maximum absolute atomic E-state index is 12.7. The molecule has 0 atom stereocenters. The van der Waals surface area contributed by atoms with E-state index in [-0.39, 0.29) is 6.61 Å². The SMILES string of the molecule is C#CCOc1ccc2c(c1)c(-c1ccc(C(C)C)cc1)nc(=O)n2CCC(F)(F)F. The number of fused-ring (bicyclic) bond motifs is 1. The fraction of sp³-hybridized carbons (Fsp3) is 0.304. The van der Waals surface area contributed by atoms with Gasteiger partial charge in [-0.15, -0.1) is 6.42 Å². The van der Waals surface area contributed by atoms with Crippen molar-refractivity contribution >= 4 is 10.9 Å². The summed E-state index contributed by atoms with van der Waals surface area (Å²) in [6.45, 7) is 3.67. The molecule has 0 N–H and O–H groups in total. The van der Waals surface area contributed by atoms with Crippen molar-refractivity contribution in [3.05, 3.63) is 58.5 Å². The van der Waals surface area contributed by atoms with E-state index < -0.39 is 24.8 Å². The second kappa shape index (κ2) is 8.62. The lowest BCUT2D eigenvalue weighted by Gasteiger charge is -2.15. The molecule has 0 aliphatic carbocycles. The average Bonchev–Trinajstić information content (AvgIpc) is 2.70. The highest BCUT2D eigenvalue weighted by Gasteiger charge is 2.27. The molecule has 0 fully saturated rings. The van der Waals surface area contributed by atoms with Crippen LogP contribution >= 0.6 is 0 Å². The number of aryl methyl sites for hydroxylation is 1. The quantitative estimate of drug-likeness (QED) is 0.524. The van der Waals surface area contributed by atoms with Gasteiger partial charge in [-0.2, -0.15) is 18.2 Å². The van der Waals surface area contributed by atoms with E-state index in [0.29, 0.717) is 33.8 Å². The molecule has 0 unspecified atom stereocenters. The standard InChI is InChI=1S/C23H21F3N2O2/c1-4-13-30-18-9-10-20-19(14-18)21(17-7-5-16(6-8-17)15(2)3)27-22(29)28(20)12-11-23(24,25)26/h1,5-10,14-15H,11-13H2,2-3H3. The Hall–Kier alpha value is -3.27. The molecule has 156 valence electrons. The van der Waals surface area contributed by atoms with Gasteiger partial charge in [-0.3, -0.25) is 4.57 Å². The molecule has 0 spiro atoms. The van der Waals surface area contributed by atoms with Gasteiger partial charge in [-0.05, 0) is 29.7 Å². The molecule has 1 aromatic heterocycles.